The first kappa shape index (κ1) is 17.7. The summed E-state index contributed by atoms with van der Waals surface area (Å²) in [6.45, 7) is 3.96. The van der Waals surface area contributed by atoms with E-state index in [1.807, 2.05) is 49.8 Å². The number of anilines is 1. The highest BCUT2D eigenvalue weighted by Crippen LogP contribution is 2.27. The third-order valence-corrected chi connectivity index (χ3v) is 4.36. The van der Waals surface area contributed by atoms with Crippen LogP contribution >= 0.6 is 0 Å². The number of ether oxygens (including phenoxy) is 1. The third-order valence-electron chi connectivity index (χ3n) is 4.36. The van der Waals surface area contributed by atoms with Gasteiger partial charge < -0.3 is 4.74 Å². The number of aromatic nitrogens is 5. The lowest BCUT2D eigenvalue weighted by atomic mass is 10.1. The molecule has 0 saturated heterocycles. The van der Waals surface area contributed by atoms with Crippen LogP contribution in [0.4, 0.5) is 5.95 Å². The number of carbonyl (C=O) groups excluding carboxylic acids is 1. The Balaban J connectivity index is 1.64. The second-order valence-electron chi connectivity index (χ2n) is 6.03. The largest absolute Gasteiger partial charge is 0.496 e. The predicted molar refractivity (Wildman–Crippen MR) is 98.0 cm³/mol. The van der Waals surface area contributed by atoms with Gasteiger partial charge >= 0.3 is 0 Å². The number of nitrogens with zero attached hydrogens (tertiary/aromatic N) is 4. The molecule has 0 radical (unpaired) electrons. The fourth-order valence-electron chi connectivity index (χ4n) is 2.88. The van der Waals surface area contributed by atoms with E-state index >= 15 is 0 Å². The molecule has 2 aromatic heterocycles. The van der Waals surface area contributed by atoms with Crippen LogP contribution in [0, 0.1) is 13.8 Å². The van der Waals surface area contributed by atoms with Crippen LogP contribution in [-0.2, 0) is 18.3 Å². The van der Waals surface area contributed by atoms with Crippen molar-refractivity contribution in [3.05, 3.63) is 41.2 Å². The van der Waals surface area contributed by atoms with Gasteiger partial charge in [0.05, 0.1) is 18.4 Å². The lowest BCUT2D eigenvalue weighted by Gasteiger charge is -2.04. The number of rotatable bonds is 6. The van der Waals surface area contributed by atoms with Crippen LogP contribution in [0.25, 0.3) is 11.4 Å². The minimum absolute atomic E-state index is 0.141. The maximum atomic E-state index is 12.2. The monoisotopic (exact) mass is 354 g/mol. The summed E-state index contributed by atoms with van der Waals surface area (Å²) in [6.07, 6.45) is 0.965. The number of H-pyrrole nitrogens is 1. The first-order chi connectivity index (χ1) is 12.5. The molecule has 8 nitrogen and oxygen atoms in total. The van der Waals surface area contributed by atoms with Crippen molar-refractivity contribution in [3.8, 4) is 17.1 Å². The number of methoxy groups -OCH3 is 1. The maximum absolute atomic E-state index is 12.2. The molecule has 136 valence electrons. The van der Waals surface area contributed by atoms with E-state index in [9.17, 15) is 4.79 Å². The van der Waals surface area contributed by atoms with Crippen LogP contribution in [0.3, 0.4) is 0 Å². The average Bonchev–Trinajstić information content (AvgIpc) is 3.18. The van der Waals surface area contributed by atoms with E-state index < -0.39 is 0 Å². The van der Waals surface area contributed by atoms with Crippen LogP contribution in [0.15, 0.2) is 24.3 Å². The SMILES string of the molecule is COc1ccccc1-c1nc(NC(=O)CCc2c(C)nn(C)c2C)n[nH]1. The van der Waals surface area contributed by atoms with Crippen LogP contribution in [-0.4, -0.2) is 38.0 Å². The lowest BCUT2D eigenvalue weighted by molar-refractivity contribution is -0.116. The van der Waals surface area contributed by atoms with Gasteiger partial charge in [0.1, 0.15) is 5.75 Å². The Morgan fingerprint density at radius 3 is 2.77 bits per heavy atom. The molecule has 0 bridgehead atoms. The third kappa shape index (κ3) is 3.58. The number of hydrogen-bond acceptors (Lipinski definition) is 5. The maximum Gasteiger partial charge on any atom is 0.249 e. The topological polar surface area (TPSA) is 97.7 Å². The molecule has 0 unspecified atom stereocenters. The number of benzene rings is 1. The Labute approximate surface area is 151 Å². The van der Waals surface area contributed by atoms with Crippen molar-refractivity contribution < 1.29 is 9.53 Å². The van der Waals surface area contributed by atoms with Crippen LogP contribution in [0.5, 0.6) is 5.75 Å². The van der Waals surface area contributed by atoms with E-state index in [1.165, 1.54) is 0 Å². The van der Waals surface area contributed by atoms with Crippen molar-refractivity contribution in [3.63, 3.8) is 0 Å². The zero-order valence-electron chi connectivity index (χ0n) is 15.3. The molecule has 3 aromatic rings. The van der Waals surface area contributed by atoms with Gasteiger partial charge in [0.15, 0.2) is 5.82 Å². The minimum atomic E-state index is -0.141. The predicted octanol–water partition coefficient (Wildman–Crippen LogP) is 2.40. The summed E-state index contributed by atoms with van der Waals surface area (Å²) < 4.78 is 7.15. The molecular formula is C18H22N6O2. The molecule has 2 N–H and O–H groups in total. The number of carbonyl (C=O) groups is 1. The molecule has 1 aromatic carbocycles. The summed E-state index contributed by atoms with van der Waals surface area (Å²) in [6, 6.07) is 7.48. The summed E-state index contributed by atoms with van der Waals surface area (Å²) in [4.78, 5) is 16.6. The summed E-state index contributed by atoms with van der Waals surface area (Å²) in [5, 5.41) is 14.0. The van der Waals surface area contributed by atoms with Gasteiger partial charge in [-0.05, 0) is 38.0 Å². The van der Waals surface area contributed by atoms with Crippen LogP contribution in [0.1, 0.15) is 23.4 Å². The second-order valence-corrected chi connectivity index (χ2v) is 6.03. The van der Waals surface area contributed by atoms with Crippen LogP contribution < -0.4 is 10.1 Å². The normalized spacial score (nSPS) is 10.8. The Bertz CT molecular complexity index is 928. The number of aryl methyl sites for hydroxylation is 2. The van der Waals surface area contributed by atoms with E-state index in [0.29, 0.717) is 24.4 Å². The fourth-order valence-corrected chi connectivity index (χ4v) is 2.88. The number of amides is 1. The highest BCUT2D eigenvalue weighted by Gasteiger charge is 2.14. The number of hydrogen-bond donors (Lipinski definition) is 2. The first-order valence-corrected chi connectivity index (χ1v) is 8.34. The quantitative estimate of drug-likeness (QED) is 0.708. The number of aromatic amines is 1. The van der Waals surface area contributed by atoms with E-state index in [0.717, 1.165) is 22.5 Å². The van der Waals surface area contributed by atoms with E-state index in [2.05, 4.69) is 25.6 Å². The van der Waals surface area contributed by atoms with E-state index in [-0.39, 0.29) is 11.9 Å². The Hall–Kier alpha value is -3.16. The number of nitrogens with one attached hydrogen (secondary N) is 2. The fraction of sp³-hybridized carbons (Fsp3) is 0.333. The van der Waals surface area contributed by atoms with E-state index in [4.69, 9.17) is 4.74 Å². The molecule has 3 rings (SSSR count). The zero-order chi connectivity index (χ0) is 18.7. The van der Waals surface area contributed by atoms with Gasteiger partial charge in [-0.25, -0.2) is 0 Å². The Morgan fingerprint density at radius 1 is 1.31 bits per heavy atom. The van der Waals surface area contributed by atoms with Gasteiger partial charge in [0.25, 0.3) is 0 Å². The molecule has 0 aliphatic rings. The minimum Gasteiger partial charge on any atom is -0.496 e. The van der Waals surface area contributed by atoms with Crippen molar-refractivity contribution in [1.29, 1.82) is 0 Å². The molecule has 0 atom stereocenters. The lowest BCUT2D eigenvalue weighted by Crippen LogP contribution is -2.13. The van der Waals surface area contributed by atoms with Gasteiger partial charge in [-0.15, -0.1) is 5.10 Å². The van der Waals surface area contributed by atoms with Gasteiger partial charge in [0, 0.05) is 19.2 Å². The zero-order valence-corrected chi connectivity index (χ0v) is 15.3. The molecular weight excluding hydrogens is 332 g/mol. The van der Waals surface area contributed by atoms with Gasteiger partial charge in [0.2, 0.25) is 11.9 Å². The first-order valence-electron chi connectivity index (χ1n) is 8.34. The summed E-state index contributed by atoms with van der Waals surface area (Å²) in [7, 11) is 3.50. The molecule has 8 heteroatoms. The van der Waals surface area contributed by atoms with Gasteiger partial charge in [-0.3, -0.25) is 19.9 Å². The smallest absolute Gasteiger partial charge is 0.249 e. The van der Waals surface area contributed by atoms with Crippen molar-refractivity contribution in [2.45, 2.75) is 26.7 Å². The molecule has 0 fully saturated rings. The highest BCUT2D eigenvalue weighted by molar-refractivity contribution is 5.89. The van der Waals surface area contributed by atoms with Crippen molar-refractivity contribution in [2.24, 2.45) is 7.05 Å². The van der Waals surface area contributed by atoms with Crippen molar-refractivity contribution in [1.82, 2.24) is 25.0 Å². The molecule has 1 amide bonds. The van der Waals surface area contributed by atoms with Gasteiger partial charge in [-0.1, -0.05) is 12.1 Å². The molecule has 0 spiro atoms. The molecule has 0 aliphatic carbocycles. The molecule has 0 saturated carbocycles. The average molecular weight is 354 g/mol. The van der Waals surface area contributed by atoms with Gasteiger partial charge in [-0.2, -0.15) is 10.1 Å². The summed E-state index contributed by atoms with van der Waals surface area (Å²) >= 11 is 0. The highest BCUT2D eigenvalue weighted by atomic mass is 16.5. The van der Waals surface area contributed by atoms with Crippen molar-refractivity contribution in [2.75, 3.05) is 12.4 Å². The Kier molecular flexibility index (Phi) is 5.01. The van der Waals surface area contributed by atoms with Crippen LogP contribution in [0.2, 0.25) is 0 Å². The standard InChI is InChI=1S/C18H22N6O2/c1-11-13(12(2)24(3)23-11)9-10-16(25)19-18-20-17(21-22-18)14-7-5-6-8-15(14)26-4/h5-8H,9-10H2,1-4H3,(H2,19,20,21,22,25). The number of para-hydroxylation sites is 1. The molecule has 2 heterocycles. The summed E-state index contributed by atoms with van der Waals surface area (Å²) in [5.41, 5.74) is 3.91. The summed E-state index contributed by atoms with van der Waals surface area (Å²) in [5.74, 6) is 1.33. The molecule has 26 heavy (non-hydrogen) atoms. The second kappa shape index (κ2) is 7.38. The molecule has 0 aliphatic heterocycles. The van der Waals surface area contributed by atoms with Crippen molar-refractivity contribution >= 4 is 11.9 Å². The Morgan fingerprint density at radius 2 is 2.08 bits per heavy atom. The van der Waals surface area contributed by atoms with E-state index in [1.54, 1.807) is 7.11 Å².